The van der Waals surface area contributed by atoms with Gasteiger partial charge in [-0.1, -0.05) is 54.1 Å². The summed E-state index contributed by atoms with van der Waals surface area (Å²) in [5.41, 5.74) is 3.63. The first-order chi connectivity index (χ1) is 19.9. The molecular formula is C33H31N3O4S. The summed E-state index contributed by atoms with van der Waals surface area (Å²) < 4.78 is 5.43. The maximum atomic E-state index is 13.3. The SMILES string of the molecule is CCOc1ccc(NC(=O)CSc2cccc(NC(=O)/C(=C/c3ccc(C)cc3)NC(=O)c3ccccc3)c2)cc1. The van der Waals surface area contributed by atoms with E-state index >= 15 is 0 Å². The van der Waals surface area contributed by atoms with Crippen molar-refractivity contribution in [1.29, 1.82) is 0 Å². The molecule has 208 valence electrons. The average molecular weight is 566 g/mol. The lowest BCUT2D eigenvalue weighted by Crippen LogP contribution is -2.30. The van der Waals surface area contributed by atoms with Gasteiger partial charge < -0.3 is 20.7 Å². The lowest BCUT2D eigenvalue weighted by atomic mass is 10.1. The molecule has 0 heterocycles. The first-order valence-electron chi connectivity index (χ1n) is 13.1. The van der Waals surface area contributed by atoms with Gasteiger partial charge in [-0.2, -0.15) is 0 Å². The third-order valence-electron chi connectivity index (χ3n) is 5.83. The molecule has 0 aliphatic carbocycles. The second-order valence-corrected chi connectivity index (χ2v) is 10.1. The minimum Gasteiger partial charge on any atom is -0.494 e. The molecular weight excluding hydrogens is 534 g/mol. The number of rotatable bonds is 11. The second kappa shape index (κ2) is 14.5. The molecule has 0 saturated heterocycles. The Labute approximate surface area is 244 Å². The van der Waals surface area contributed by atoms with Gasteiger partial charge in [0.05, 0.1) is 12.4 Å². The summed E-state index contributed by atoms with van der Waals surface area (Å²) in [4.78, 5) is 39.5. The van der Waals surface area contributed by atoms with Crippen molar-refractivity contribution >= 4 is 46.9 Å². The third kappa shape index (κ3) is 9.12. The molecule has 0 spiro atoms. The third-order valence-corrected chi connectivity index (χ3v) is 6.82. The van der Waals surface area contributed by atoms with E-state index < -0.39 is 5.91 Å². The van der Waals surface area contributed by atoms with Crippen molar-refractivity contribution < 1.29 is 19.1 Å². The molecule has 41 heavy (non-hydrogen) atoms. The Morgan fingerprint density at radius 1 is 0.805 bits per heavy atom. The first-order valence-corrected chi connectivity index (χ1v) is 14.1. The summed E-state index contributed by atoms with van der Waals surface area (Å²) in [7, 11) is 0. The van der Waals surface area contributed by atoms with E-state index in [0.29, 0.717) is 23.5 Å². The van der Waals surface area contributed by atoms with Gasteiger partial charge >= 0.3 is 0 Å². The Bertz CT molecular complexity index is 1520. The topological polar surface area (TPSA) is 96.5 Å². The van der Waals surface area contributed by atoms with E-state index in [0.717, 1.165) is 21.8 Å². The number of carbonyl (C=O) groups excluding carboxylic acids is 3. The van der Waals surface area contributed by atoms with Crippen LogP contribution in [0.1, 0.15) is 28.4 Å². The number of hydrogen-bond acceptors (Lipinski definition) is 5. The quantitative estimate of drug-likeness (QED) is 0.142. The van der Waals surface area contributed by atoms with E-state index in [-0.39, 0.29) is 23.3 Å². The Morgan fingerprint density at radius 3 is 2.24 bits per heavy atom. The molecule has 0 aliphatic heterocycles. The zero-order valence-corrected chi connectivity index (χ0v) is 23.7. The van der Waals surface area contributed by atoms with Crippen molar-refractivity contribution in [3.63, 3.8) is 0 Å². The van der Waals surface area contributed by atoms with Crippen molar-refractivity contribution in [1.82, 2.24) is 5.32 Å². The van der Waals surface area contributed by atoms with Crippen molar-refractivity contribution in [2.45, 2.75) is 18.7 Å². The highest BCUT2D eigenvalue weighted by Crippen LogP contribution is 2.23. The van der Waals surface area contributed by atoms with Crippen LogP contribution in [-0.2, 0) is 9.59 Å². The molecule has 3 amide bonds. The Hall–Kier alpha value is -4.82. The summed E-state index contributed by atoms with van der Waals surface area (Å²) in [5.74, 6) is -0.0703. The predicted molar refractivity (Wildman–Crippen MR) is 165 cm³/mol. The fraction of sp³-hybridized carbons (Fsp3) is 0.121. The lowest BCUT2D eigenvalue weighted by Gasteiger charge is -2.12. The van der Waals surface area contributed by atoms with Crippen LogP contribution in [0.4, 0.5) is 11.4 Å². The molecule has 0 fully saturated rings. The van der Waals surface area contributed by atoms with Crippen LogP contribution in [0.25, 0.3) is 6.08 Å². The van der Waals surface area contributed by atoms with Crippen molar-refractivity contribution in [2.24, 2.45) is 0 Å². The summed E-state index contributed by atoms with van der Waals surface area (Å²) in [6, 6.07) is 30.8. The molecule has 8 heteroatoms. The van der Waals surface area contributed by atoms with Gasteiger partial charge in [0, 0.05) is 21.8 Å². The van der Waals surface area contributed by atoms with Crippen LogP contribution < -0.4 is 20.7 Å². The standard InChI is InChI=1S/C33H31N3O4S/c1-3-40-28-18-16-26(17-19-28)34-31(37)22-41-29-11-7-10-27(21-29)35-33(39)30(20-24-14-12-23(2)13-15-24)36-32(38)25-8-5-4-6-9-25/h4-21H,3,22H2,1-2H3,(H,34,37)(H,35,39)(H,36,38)/b30-20-. The number of carbonyl (C=O) groups is 3. The number of ether oxygens (including phenoxy) is 1. The molecule has 3 N–H and O–H groups in total. The van der Waals surface area contributed by atoms with Crippen LogP contribution in [0.2, 0.25) is 0 Å². The molecule has 7 nitrogen and oxygen atoms in total. The number of aryl methyl sites for hydroxylation is 1. The molecule has 4 aromatic rings. The summed E-state index contributed by atoms with van der Waals surface area (Å²) >= 11 is 1.35. The molecule has 0 bridgehead atoms. The molecule has 4 rings (SSSR count). The number of nitrogens with one attached hydrogen (secondary N) is 3. The lowest BCUT2D eigenvalue weighted by molar-refractivity contribution is -0.114. The van der Waals surface area contributed by atoms with E-state index in [9.17, 15) is 14.4 Å². The van der Waals surface area contributed by atoms with E-state index in [1.54, 1.807) is 60.7 Å². The van der Waals surface area contributed by atoms with Gasteiger partial charge in [-0.15, -0.1) is 11.8 Å². The van der Waals surface area contributed by atoms with Crippen molar-refractivity contribution in [3.8, 4) is 5.75 Å². The van der Waals surface area contributed by atoms with Gasteiger partial charge in [0.15, 0.2) is 0 Å². The maximum Gasteiger partial charge on any atom is 0.272 e. The summed E-state index contributed by atoms with van der Waals surface area (Å²) in [5, 5.41) is 8.48. The van der Waals surface area contributed by atoms with Gasteiger partial charge in [-0.3, -0.25) is 14.4 Å². The number of thioether (sulfide) groups is 1. The molecule has 0 saturated carbocycles. The fourth-order valence-corrected chi connectivity index (χ4v) is 4.54. The van der Waals surface area contributed by atoms with Gasteiger partial charge in [-0.25, -0.2) is 0 Å². The number of benzene rings is 4. The van der Waals surface area contributed by atoms with Crippen LogP contribution in [-0.4, -0.2) is 30.1 Å². The Morgan fingerprint density at radius 2 is 1.54 bits per heavy atom. The predicted octanol–water partition coefficient (Wildman–Crippen LogP) is 6.53. The molecule has 0 unspecified atom stereocenters. The molecule has 0 aliphatic rings. The van der Waals surface area contributed by atoms with Crippen LogP contribution in [0.3, 0.4) is 0 Å². The minimum absolute atomic E-state index is 0.107. The first kappa shape index (κ1) is 29.2. The monoisotopic (exact) mass is 565 g/mol. The fourth-order valence-electron chi connectivity index (χ4n) is 3.78. The zero-order chi connectivity index (χ0) is 29.0. The van der Waals surface area contributed by atoms with E-state index in [4.69, 9.17) is 4.74 Å². The number of anilines is 2. The van der Waals surface area contributed by atoms with Gasteiger partial charge in [0.25, 0.3) is 11.8 Å². The van der Waals surface area contributed by atoms with Gasteiger partial charge in [0.2, 0.25) is 5.91 Å². The molecule has 0 aromatic heterocycles. The normalized spacial score (nSPS) is 10.9. The van der Waals surface area contributed by atoms with Crippen molar-refractivity contribution in [2.75, 3.05) is 23.0 Å². The van der Waals surface area contributed by atoms with Crippen LogP contribution in [0, 0.1) is 6.92 Å². The van der Waals surface area contributed by atoms with Crippen molar-refractivity contribution in [3.05, 3.63) is 126 Å². The van der Waals surface area contributed by atoms with Crippen LogP contribution in [0.15, 0.2) is 114 Å². The summed E-state index contributed by atoms with van der Waals surface area (Å²) in [6.07, 6.45) is 1.64. The number of hydrogen-bond donors (Lipinski definition) is 3. The van der Waals surface area contributed by atoms with Crippen LogP contribution in [0.5, 0.6) is 5.75 Å². The highest BCUT2D eigenvalue weighted by Gasteiger charge is 2.15. The smallest absolute Gasteiger partial charge is 0.272 e. The van der Waals surface area contributed by atoms with E-state index in [2.05, 4.69) is 16.0 Å². The number of amides is 3. The van der Waals surface area contributed by atoms with E-state index in [1.165, 1.54) is 11.8 Å². The Balaban J connectivity index is 1.41. The highest BCUT2D eigenvalue weighted by atomic mass is 32.2. The largest absolute Gasteiger partial charge is 0.494 e. The molecule has 0 radical (unpaired) electrons. The highest BCUT2D eigenvalue weighted by molar-refractivity contribution is 8.00. The Kier molecular flexibility index (Phi) is 10.3. The van der Waals surface area contributed by atoms with Gasteiger partial charge in [0.1, 0.15) is 11.4 Å². The molecule has 4 aromatic carbocycles. The average Bonchev–Trinajstić information content (AvgIpc) is 2.98. The van der Waals surface area contributed by atoms with Crippen LogP contribution >= 0.6 is 11.8 Å². The molecule has 0 atom stereocenters. The maximum absolute atomic E-state index is 13.3. The van der Waals surface area contributed by atoms with Gasteiger partial charge in [-0.05, 0) is 80.1 Å². The second-order valence-electron chi connectivity index (χ2n) is 9.07. The van der Waals surface area contributed by atoms with E-state index in [1.807, 2.05) is 62.4 Å². The summed E-state index contributed by atoms with van der Waals surface area (Å²) in [6.45, 7) is 4.47. The minimum atomic E-state index is -0.467. The zero-order valence-electron chi connectivity index (χ0n) is 22.8.